The van der Waals surface area contributed by atoms with Gasteiger partial charge in [-0.05, 0) is 30.3 Å². The van der Waals surface area contributed by atoms with Gasteiger partial charge in [-0.25, -0.2) is 4.39 Å². The summed E-state index contributed by atoms with van der Waals surface area (Å²) >= 11 is 11.5. The monoisotopic (exact) mass is 336 g/mol. The van der Waals surface area contributed by atoms with Crippen molar-refractivity contribution >= 4 is 29.0 Å². The Bertz CT molecular complexity index is 711. The molecular weight excluding hydrogens is 331 g/mol. The molecule has 0 aromatic heterocycles. The number of hydrogen-bond acceptors (Lipinski definition) is 1. The minimum Gasteiger partial charge on any atom is -0.289 e. The molecule has 0 unspecified atom stereocenters. The molecule has 0 saturated heterocycles. The van der Waals surface area contributed by atoms with Gasteiger partial charge in [-0.15, -0.1) is 0 Å². The van der Waals surface area contributed by atoms with Crippen LogP contribution in [0.4, 0.5) is 17.6 Å². The van der Waals surface area contributed by atoms with E-state index >= 15 is 0 Å². The second kappa shape index (κ2) is 5.66. The van der Waals surface area contributed by atoms with E-state index in [0.717, 1.165) is 6.07 Å². The fourth-order valence-electron chi connectivity index (χ4n) is 1.72. The molecule has 0 amide bonds. The summed E-state index contributed by atoms with van der Waals surface area (Å²) in [4.78, 5) is 12.1. The molecule has 2 aromatic carbocycles. The fourth-order valence-corrected chi connectivity index (χ4v) is 2.21. The standard InChI is InChI=1S/C14H6Cl2F4O/c15-8-2-3-9(11(16)6-8)13(21)7-1-4-10(12(17)5-7)14(18,19)20/h1-6H. The number of carbonyl (C=O) groups excluding carboxylic acids is 1. The van der Waals surface area contributed by atoms with Crippen LogP contribution in [0.25, 0.3) is 0 Å². The van der Waals surface area contributed by atoms with Crippen LogP contribution in [-0.2, 0) is 6.18 Å². The van der Waals surface area contributed by atoms with Crippen LogP contribution < -0.4 is 0 Å². The molecule has 0 aliphatic rings. The maximum absolute atomic E-state index is 13.5. The first-order valence-corrected chi connectivity index (χ1v) is 6.32. The van der Waals surface area contributed by atoms with E-state index in [1.165, 1.54) is 18.2 Å². The molecule has 0 heterocycles. The van der Waals surface area contributed by atoms with Crippen LogP contribution in [-0.4, -0.2) is 5.78 Å². The molecule has 0 spiro atoms. The van der Waals surface area contributed by atoms with Crippen molar-refractivity contribution in [3.05, 3.63) is 69.0 Å². The predicted molar refractivity (Wildman–Crippen MR) is 71.3 cm³/mol. The Labute approximate surface area is 127 Å². The van der Waals surface area contributed by atoms with Crippen molar-refractivity contribution in [1.29, 1.82) is 0 Å². The van der Waals surface area contributed by atoms with E-state index in [2.05, 4.69) is 0 Å². The quantitative estimate of drug-likeness (QED) is 0.531. The summed E-state index contributed by atoms with van der Waals surface area (Å²) in [6.45, 7) is 0. The molecular formula is C14H6Cl2F4O. The minimum absolute atomic E-state index is 0.0280. The summed E-state index contributed by atoms with van der Waals surface area (Å²) in [5.74, 6) is -2.21. The molecule has 21 heavy (non-hydrogen) atoms. The molecule has 110 valence electrons. The Kier molecular flexibility index (Phi) is 4.25. The lowest BCUT2D eigenvalue weighted by Crippen LogP contribution is -2.10. The molecule has 0 atom stereocenters. The zero-order chi connectivity index (χ0) is 15.8. The van der Waals surface area contributed by atoms with Gasteiger partial charge in [0.05, 0.1) is 10.6 Å². The van der Waals surface area contributed by atoms with Gasteiger partial charge in [-0.1, -0.05) is 29.3 Å². The summed E-state index contributed by atoms with van der Waals surface area (Å²) in [7, 11) is 0. The van der Waals surface area contributed by atoms with E-state index in [1.807, 2.05) is 0 Å². The van der Waals surface area contributed by atoms with Crippen molar-refractivity contribution in [2.75, 3.05) is 0 Å². The number of ketones is 1. The molecule has 2 rings (SSSR count). The highest BCUT2D eigenvalue weighted by Gasteiger charge is 2.34. The van der Waals surface area contributed by atoms with Crippen LogP contribution in [0.3, 0.4) is 0 Å². The van der Waals surface area contributed by atoms with Crippen molar-refractivity contribution in [3.63, 3.8) is 0 Å². The second-order valence-corrected chi connectivity index (χ2v) is 4.99. The number of alkyl halides is 3. The third-order valence-electron chi connectivity index (χ3n) is 2.71. The van der Waals surface area contributed by atoms with Crippen LogP contribution in [0.1, 0.15) is 21.5 Å². The number of rotatable bonds is 2. The summed E-state index contributed by atoms with van der Waals surface area (Å²) < 4.78 is 50.8. The van der Waals surface area contributed by atoms with Crippen LogP contribution in [0.5, 0.6) is 0 Å². The predicted octanol–water partition coefficient (Wildman–Crippen LogP) is 5.38. The molecule has 0 aliphatic carbocycles. The third-order valence-corrected chi connectivity index (χ3v) is 3.26. The highest BCUT2D eigenvalue weighted by atomic mass is 35.5. The Morgan fingerprint density at radius 3 is 2.19 bits per heavy atom. The van der Waals surface area contributed by atoms with Gasteiger partial charge < -0.3 is 0 Å². The lowest BCUT2D eigenvalue weighted by atomic mass is 10.0. The van der Waals surface area contributed by atoms with Crippen molar-refractivity contribution in [2.24, 2.45) is 0 Å². The first-order valence-electron chi connectivity index (χ1n) is 5.56. The van der Waals surface area contributed by atoms with Gasteiger partial charge in [-0.2, -0.15) is 13.2 Å². The largest absolute Gasteiger partial charge is 0.419 e. The van der Waals surface area contributed by atoms with Crippen LogP contribution in [0, 0.1) is 5.82 Å². The van der Waals surface area contributed by atoms with E-state index in [4.69, 9.17) is 23.2 Å². The topological polar surface area (TPSA) is 17.1 Å². The fraction of sp³-hybridized carbons (Fsp3) is 0.0714. The van der Waals surface area contributed by atoms with Gasteiger partial charge in [-0.3, -0.25) is 4.79 Å². The van der Waals surface area contributed by atoms with E-state index in [0.29, 0.717) is 17.2 Å². The molecule has 0 fully saturated rings. The van der Waals surface area contributed by atoms with Crippen molar-refractivity contribution < 1.29 is 22.4 Å². The van der Waals surface area contributed by atoms with Crippen LogP contribution in [0.2, 0.25) is 10.0 Å². The number of carbonyl (C=O) groups is 1. The summed E-state index contributed by atoms with van der Waals surface area (Å²) in [5, 5.41) is 0.336. The molecule has 1 nitrogen and oxygen atoms in total. The Morgan fingerprint density at radius 1 is 1.00 bits per heavy atom. The van der Waals surface area contributed by atoms with Gasteiger partial charge in [0.1, 0.15) is 5.82 Å². The van der Waals surface area contributed by atoms with Crippen LogP contribution in [0.15, 0.2) is 36.4 Å². The van der Waals surface area contributed by atoms with Gasteiger partial charge in [0.2, 0.25) is 0 Å². The third kappa shape index (κ3) is 3.36. The number of halogens is 6. The molecule has 0 bridgehead atoms. The zero-order valence-electron chi connectivity index (χ0n) is 10.1. The van der Waals surface area contributed by atoms with E-state index < -0.39 is 23.3 Å². The van der Waals surface area contributed by atoms with Gasteiger partial charge in [0.25, 0.3) is 0 Å². The molecule has 0 aliphatic heterocycles. The van der Waals surface area contributed by atoms with E-state index in [-0.39, 0.29) is 16.1 Å². The summed E-state index contributed by atoms with van der Waals surface area (Å²) in [5.41, 5.74) is -1.63. The van der Waals surface area contributed by atoms with Gasteiger partial charge >= 0.3 is 6.18 Å². The van der Waals surface area contributed by atoms with Gasteiger partial charge in [0.15, 0.2) is 5.78 Å². The minimum atomic E-state index is -4.82. The Balaban J connectivity index is 2.43. The van der Waals surface area contributed by atoms with Crippen LogP contribution >= 0.6 is 23.2 Å². The highest BCUT2D eigenvalue weighted by Crippen LogP contribution is 2.32. The summed E-state index contributed by atoms with van der Waals surface area (Å²) in [6, 6.07) is 6.00. The molecule has 2 aromatic rings. The highest BCUT2D eigenvalue weighted by molar-refractivity contribution is 6.37. The van der Waals surface area contributed by atoms with Crippen molar-refractivity contribution in [2.45, 2.75) is 6.18 Å². The normalized spacial score (nSPS) is 11.5. The maximum Gasteiger partial charge on any atom is 0.419 e. The maximum atomic E-state index is 13.5. The molecule has 7 heteroatoms. The van der Waals surface area contributed by atoms with Gasteiger partial charge in [0, 0.05) is 16.1 Å². The number of benzene rings is 2. The second-order valence-electron chi connectivity index (χ2n) is 4.15. The number of hydrogen-bond donors (Lipinski definition) is 0. The first-order chi connectivity index (χ1) is 9.70. The molecule has 0 saturated carbocycles. The summed E-state index contributed by atoms with van der Waals surface area (Å²) in [6.07, 6.45) is -4.82. The van der Waals surface area contributed by atoms with E-state index in [1.54, 1.807) is 0 Å². The molecule has 0 radical (unpaired) electrons. The van der Waals surface area contributed by atoms with Crippen molar-refractivity contribution in [1.82, 2.24) is 0 Å². The lowest BCUT2D eigenvalue weighted by molar-refractivity contribution is -0.140. The smallest absolute Gasteiger partial charge is 0.289 e. The first kappa shape index (κ1) is 15.8. The zero-order valence-corrected chi connectivity index (χ0v) is 11.7. The average molecular weight is 337 g/mol. The van der Waals surface area contributed by atoms with Crippen molar-refractivity contribution in [3.8, 4) is 0 Å². The van der Waals surface area contributed by atoms with E-state index in [9.17, 15) is 22.4 Å². The Hall–Kier alpha value is -1.59. The Morgan fingerprint density at radius 2 is 1.67 bits per heavy atom. The SMILES string of the molecule is O=C(c1ccc(C(F)(F)F)c(F)c1)c1ccc(Cl)cc1Cl. The lowest BCUT2D eigenvalue weighted by Gasteiger charge is -2.09. The molecule has 0 N–H and O–H groups in total. The average Bonchev–Trinajstić information content (AvgIpc) is 2.36.